The van der Waals surface area contributed by atoms with E-state index in [1.165, 1.54) is 42.4 Å². The summed E-state index contributed by atoms with van der Waals surface area (Å²) in [5, 5.41) is 8.11. The molecule has 1 saturated heterocycles. The highest BCUT2D eigenvalue weighted by Crippen LogP contribution is 2.45. The van der Waals surface area contributed by atoms with E-state index in [2.05, 4.69) is 48.6 Å². The lowest BCUT2D eigenvalue weighted by molar-refractivity contribution is 0.175. The number of hydrogen-bond donors (Lipinski definition) is 1. The van der Waals surface area contributed by atoms with Gasteiger partial charge in [-0.3, -0.25) is 0 Å². The van der Waals surface area contributed by atoms with Gasteiger partial charge >= 0.3 is 0 Å². The maximum absolute atomic E-state index is 6.29. The summed E-state index contributed by atoms with van der Waals surface area (Å²) in [6.45, 7) is 4.85. The van der Waals surface area contributed by atoms with Crippen LogP contribution in [0.2, 0.25) is 0 Å². The molecule has 2 fully saturated rings. The first kappa shape index (κ1) is 16.1. The zero-order chi connectivity index (χ0) is 17.7. The molecule has 1 aliphatic carbocycles. The van der Waals surface area contributed by atoms with Gasteiger partial charge in [0.05, 0.1) is 11.3 Å². The van der Waals surface area contributed by atoms with Gasteiger partial charge in [0, 0.05) is 30.0 Å². The minimum absolute atomic E-state index is 0.493. The summed E-state index contributed by atoms with van der Waals surface area (Å²) in [5.41, 5.74) is 5.79. The lowest BCUT2D eigenvalue weighted by atomic mass is 9.96. The normalized spacial score (nSPS) is 24.6. The van der Waals surface area contributed by atoms with E-state index in [0.717, 1.165) is 29.2 Å². The van der Waals surface area contributed by atoms with Crippen molar-refractivity contribution in [2.45, 2.75) is 70.6 Å². The van der Waals surface area contributed by atoms with Gasteiger partial charge in [0.2, 0.25) is 0 Å². The van der Waals surface area contributed by atoms with Crippen LogP contribution in [0.3, 0.4) is 0 Å². The molecule has 1 N–H and O–H groups in total. The summed E-state index contributed by atoms with van der Waals surface area (Å²) in [5.74, 6) is 2.70. The van der Waals surface area contributed by atoms with Crippen LogP contribution in [0.1, 0.15) is 60.5 Å². The summed E-state index contributed by atoms with van der Waals surface area (Å²) in [4.78, 5) is 0. The van der Waals surface area contributed by atoms with Crippen LogP contribution in [0.5, 0.6) is 0 Å². The number of benzene rings is 1. The van der Waals surface area contributed by atoms with E-state index in [-0.39, 0.29) is 0 Å². The van der Waals surface area contributed by atoms with Gasteiger partial charge < -0.3 is 14.6 Å². The minimum Gasteiger partial charge on any atom is -0.493 e. The number of ether oxygens (including phenoxy) is 1. The zero-order valence-corrected chi connectivity index (χ0v) is 15.5. The first-order valence-corrected chi connectivity index (χ1v) is 9.83. The van der Waals surface area contributed by atoms with Crippen molar-refractivity contribution in [3.05, 3.63) is 52.5 Å². The lowest BCUT2D eigenvalue weighted by Gasteiger charge is -2.21. The maximum Gasteiger partial charge on any atom is 0.147 e. The van der Waals surface area contributed by atoms with Gasteiger partial charge in [-0.15, -0.1) is 0 Å². The standard InChI is InChI=1S/C22H26N2O2/c1-13-4-3-5-14(2)20(13)21-19(22(26-24-21)15-6-7-15)12-25-18-10-16-8-9-17(11-18)23-16/h3-5,10,15-17,23H,6-9,11-12H2,1-2H3. The second-order valence-corrected chi connectivity index (χ2v) is 8.09. The van der Waals surface area contributed by atoms with Crippen molar-refractivity contribution < 1.29 is 9.26 Å². The van der Waals surface area contributed by atoms with Crippen LogP contribution >= 0.6 is 0 Å². The molecule has 5 rings (SSSR count). The van der Waals surface area contributed by atoms with Gasteiger partial charge in [0.1, 0.15) is 18.1 Å². The Hall–Kier alpha value is -2.07. The van der Waals surface area contributed by atoms with Crippen LogP contribution in [-0.2, 0) is 11.3 Å². The Kier molecular flexibility index (Phi) is 3.89. The highest BCUT2D eigenvalue weighted by molar-refractivity contribution is 5.70. The Morgan fingerprint density at radius 3 is 2.69 bits per heavy atom. The number of rotatable bonds is 5. The molecule has 0 amide bonds. The SMILES string of the molecule is Cc1cccc(C)c1-c1noc(C2CC2)c1COC1=CC2CCC(C1)N2. The maximum atomic E-state index is 6.29. The summed E-state index contributed by atoms with van der Waals surface area (Å²) >= 11 is 0. The molecule has 3 aliphatic rings. The third-order valence-corrected chi connectivity index (χ3v) is 6.00. The van der Waals surface area contributed by atoms with Crippen LogP contribution in [0.15, 0.2) is 34.6 Å². The van der Waals surface area contributed by atoms with Crippen molar-refractivity contribution in [3.8, 4) is 11.3 Å². The zero-order valence-electron chi connectivity index (χ0n) is 15.5. The van der Waals surface area contributed by atoms with Gasteiger partial charge in [-0.2, -0.15) is 0 Å². The van der Waals surface area contributed by atoms with E-state index < -0.39 is 0 Å². The molecule has 1 saturated carbocycles. The van der Waals surface area contributed by atoms with Crippen LogP contribution in [0, 0.1) is 13.8 Å². The molecule has 2 aromatic rings. The summed E-state index contributed by atoms with van der Waals surface area (Å²) < 4.78 is 12.1. The van der Waals surface area contributed by atoms with Crippen LogP contribution in [0.4, 0.5) is 0 Å². The van der Waals surface area contributed by atoms with Crippen molar-refractivity contribution in [1.82, 2.24) is 10.5 Å². The van der Waals surface area contributed by atoms with E-state index in [9.17, 15) is 0 Å². The monoisotopic (exact) mass is 350 g/mol. The molecule has 1 aromatic carbocycles. The predicted octanol–water partition coefficient (Wildman–Crippen LogP) is 4.76. The quantitative estimate of drug-likeness (QED) is 0.844. The number of hydrogen-bond acceptors (Lipinski definition) is 4. The molecule has 3 heterocycles. The average Bonchev–Trinajstić information content (AvgIpc) is 3.30. The number of nitrogens with one attached hydrogen (secondary N) is 1. The molecule has 4 nitrogen and oxygen atoms in total. The highest BCUT2D eigenvalue weighted by atomic mass is 16.5. The van der Waals surface area contributed by atoms with Crippen LogP contribution in [0.25, 0.3) is 11.3 Å². The van der Waals surface area contributed by atoms with Gasteiger partial charge in [-0.1, -0.05) is 23.4 Å². The molecule has 2 atom stereocenters. The summed E-state index contributed by atoms with van der Waals surface area (Å²) in [6.07, 6.45) is 8.15. The van der Waals surface area contributed by atoms with Crippen LogP contribution in [-0.4, -0.2) is 17.2 Å². The average molecular weight is 350 g/mol. The summed E-state index contributed by atoms with van der Waals surface area (Å²) in [7, 11) is 0. The lowest BCUT2D eigenvalue weighted by Crippen LogP contribution is -2.32. The summed E-state index contributed by atoms with van der Waals surface area (Å²) in [6, 6.07) is 7.47. The molecule has 2 bridgehead atoms. The molecule has 4 heteroatoms. The third kappa shape index (κ3) is 2.86. The van der Waals surface area contributed by atoms with E-state index in [0.29, 0.717) is 24.6 Å². The molecule has 136 valence electrons. The molecule has 26 heavy (non-hydrogen) atoms. The second-order valence-electron chi connectivity index (χ2n) is 8.09. The second kappa shape index (κ2) is 6.27. The first-order chi connectivity index (χ1) is 12.7. The van der Waals surface area contributed by atoms with E-state index in [1.54, 1.807) is 0 Å². The molecule has 2 unspecified atom stereocenters. The molecule has 1 aromatic heterocycles. The van der Waals surface area contributed by atoms with E-state index in [4.69, 9.17) is 9.26 Å². The third-order valence-electron chi connectivity index (χ3n) is 6.00. The van der Waals surface area contributed by atoms with E-state index >= 15 is 0 Å². The predicted molar refractivity (Wildman–Crippen MR) is 101 cm³/mol. The Balaban J connectivity index is 1.46. The van der Waals surface area contributed by atoms with Gasteiger partial charge in [-0.25, -0.2) is 0 Å². The highest BCUT2D eigenvalue weighted by Gasteiger charge is 2.34. The Bertz CT molecular complexity index is 843. The molecule has 0 spiro atoms. The molecular formula is C22H26N2O2. The topological polar surface area (TPSA) is 47.3 Å². The molecule has 0 radical (unpaired) electrons. The Morgan fingerprint density at radius 1 is 1.15 bits per heavy atom. The fourth-order valence-electron chi connectivity index (χ4n) is 4.46. The van der Waals surface area contributed by atoms with Crippen molar-refractivity contribution >= 4 is 0 Å². The van der Waals surface area contributed by atoms with Crippen molar-refractivity contribution in [3.63, 3.8) is 0 Å². The van der Waals surface area contributed by atoms with Crippen molar-refractivity contribution in [1.29, 1.82) is 0 Å². The van der Waals surface area contributed by atoms with Crippen LogP contribution < -0.4 is 5.32 Å². The number of fused-ring (bicyclic) bond motifs is 2. The number of nitrogens with zero attached hydrogens (tertiary/aromatic N) is 1. The Morgan fingerprint density at radius 2 is 1.96 bits per heavy atom. The fraction of sp³-hybridized carbons (Fsp3) is 0.500. The Labute approximate surface area is 154 Å². The molecular weight excluding hydrogens is 324 g/mol. The number of aryl methyl sites for hydroxylation is 2. The first-order valence-electron chi connectivity index (χ1n) is 9.83. The van der Waals surface area contributed by atoms with Gasteiger partial charge in [0.25, 0.3) is 0 Å². The van der Waals surface area contributed by atoms with Gasteiger partial charge in [-0.05, 0) is 56.7 Å². The largest absolute Gasteiger partial charge is 0.493 e. The number of aromatic nitrogens is 1. The van der Waals surface area contributed by atoms with Crippen molar-refractivity contribution in [2.24, 2.45) is 0 Å². The smallest absolute Gasteiger partial charge is 0.147 e. The fourth-order valence-corrected chi connectivity index (χ4v) is 4.46. The minimum atomic E-state index is 0.493. The van der Waals surface area contributed by atoms with Gasteiger partial charge in [0.15, 0.2) is 0 Å². The van der Waals surface area contributed by atoms with E-state index in [1.807, 2.05) is 0 Å². The molecule has 2 aliphatic heterocycles. The van der Waals surface area contributed by atoms with Crippen molar-refractivity contribution in [2.75, 3.05) is 0 Å².